The zero-order valence-electron chi connectivity index (χ0n) is 15.6. The molecule has 0 radical (unpaired) electrons. The van der Waals surface area contributed by atoms with Crippen LogP contribution in [-0.4, -0.2) is 36.5 Å². The van der Waals surface area contributed by atoms with Crippen LogP contribution in [0.25, 0.3) is 0 Å². The highest BCUT2D eigenvalue weighted by atomic mass is 32.1. The Hall–Kier alpha value is -2.48. The van der Waals surface area contributed by atoms with E-state index in [2.05, 4.69) is 10.6 Å². The molecule has 1 aromatic carbocycles. The van der Waals surface area contributed by atoms with Gasteiger partial charge in [-0.05, 0) is 61.2 Å². The lowest BCUT2D eigenvalue weighted by Gasteiger charge is -2.32. The van der Waals surface area contributed by atoms with E-state index in [1.165, 1.54) is 11.3 Å². The summed E-state index contributed by atoms with van der Waals surface area (Å²) in [6.07, 6.45) is 2.53. The largest absolute Gasteiger partial charge is 0.351 e. The highest BCUT2D eigenvalue weighted by Crippen LogP contribution is 2.22. The van der Waals surface area contributed by atoms with Gasteiger partial charge in [-0.15, -0.1) is 11.3 Å². The van der Waals surface area contributed by atoms with Gasteiger partial charge in [-0.25, -0.2) is 13.6 Å². The van der Waals surface area contributed by atoms with Gasteiger partial charge in [0.25, 0.3) is 5.91 Å². The normalized spacial score (nSPS) is 14.8. The van der Waals surface area contributed by atoms with Crippen LogP contribution in [0.5, 0.6) is 0 Å². The van der Waals surface area contributed by atoms with Crippen molar-refractivity contribution in [3.05, 3.63) is 51.7 Å². The summed E-state index contributed by atoms with van der Waals surface area (Å²) in [6.45, 7) is 3.68. The molecule has 3 rings (SSSR count). The fourth-order valence-corrected chi connectivity index (χ4v) is 4.17. The second-order valence-electron chi connectivity index (χ2n) is 7.00. The third kappa shape index (κ3) is 5.28. The number of nitrogens with one attached hydrogen (secondary N) is 2. The van der Waals surface area contributed by atoms with E-state index in [9.17, 15) is 18.4 Å². The molecule has 0 aliphatic carbocycles. The third-order valence-corrected chi connectivity index (χ3v) is 5.94. The molecule has 2 heterocycles. The molecule has 2 aromatic rings. The topological polar surface area (TPSA) is 61.4 Å². The van der Waals surface area contributed by atoms with Gasteiger partial charge in [0.1, 0.15) is 11.6 Å². The summed E-state index contributed by atoms with van der Waals surface area (Å²) >= 11 is 1.44. The number of likely N-dealkylation sites (tertiary alicyclic amines) is 1. The molecule has 5 nitrogen and oxygen atoms in total. The van der Waals surface area contributed by atoms with E-state index in [1.54, 1.807) is 4.90 Å². The molecule has 1 saturated heterocycles. The summed E-state index contributed by atoms with van der Waals surface area (Å²) in [7, 11) is 0. The first kappa shape index (κ1) is 20.3. The number of anilines is 1. The van der Waals surface area contributed by atoms with Crippen molar-refractivity contribution < 1.29 is 18.4 Å². The van der Waals surface area contributed by atoms with Crippen LogP contribution in [-0.2, 0) is 0 Å². The predicted octanol–water partition coefficient (Wildman–Crippen LogP) is 4.40. The van der Waals surface area contributed by atoms with Crippen molar-refractivity contribution in [3.8, 4) is 0 Å². The third-order valence-electron chi connectivity index (χ3n) is 4.92. The van der Waals surface area contributed by atoms with Gasteiger partial charge in [0.05, 0.1) is 4.88 Å². The Labute approximate surface area is 166 Å². The Morgan fingerprint density at radius 1 is 1.18 bits per heavy atom. The smallest absolute Gasteiger partial charge is 0.321 e. The number of urea groups is 1. The maximum atomic E-state index is 13.2. The van der Waals surface area contributed by atoms with Crippen LogP contribution in [0.3, 0.4) is 0 Å². The summed E-state index contributed by atoms with van der Waals surface area (Å²) in [5, 5.41) is 7.40. The first-order chi connectivity index (χ1) is 13.4. The van der Waals surface area contributed by atoms with Crippen molar-refractivity contribution in [3.63, 3.8) is 0 Å². The number of aryl methyl sites for hydroxylation is 1. The number of carbonyl (C=O) groups is 2. The molecule has 0 unspecified atom stereocenters. The number of nitrogens with zero attached hydrogens (tertiary/aromatic N) is 1. The van der Waals surface area contributed by atoms with Crippen molar-refractivity contribution >= 4 is 29.0 Å². The lowest BCUT2D eigenvalue weighted by Crippen LogP contribution is -2.41. The Morgan fingerprint density at radius 2 is 1.86 bits per heavy atom. The molecule has 150 valence electrons. The van der Waals surface area contributed by atoms with Gasteiger partial charge in [0.2, 0.25) is 0 Å². The lowest BCUT2D eigenvalue weighted by atomic mass is 9.93. The maximum Gasteiger partial charge on any atom is 0.321 e. The number of thiophene rings is 1. The fraction of sp³-hybridized carbons (Fsp3) is 0.400. The zero-order valence-corrected chi connectivity index (χ0v) is 16.5. The molecule has 1 aliphatic rings. The van der Waals surface area contributed by atoms with Crippen molar-refractivity contribution in [1.82, 2.24) is 10.2 Å². The Morgan fingerprint density at radius 3 is 2.46 bits per heavy atom. The molecule has 28 heavy (non-hydrogen) atoms. The van der Waals surface area contributed by atoms with E-state index in [1.807, 2.05) is 18.4 Å². The summed E-state index contributed by atoms with van der Waals surface area (Å²) in [5.41, 5.74) is 1.09. The summed E-state index contributed by atoms with van der Waals surface area (Å²) < 4.78 is 26.4. The fourth-order valence-electron chi connectivity index (χ4n) is 3.33. The minimum absolute atomic E-state index is 0.0355. The van der Waals surface area contributed by atoms with Gasteiger partial charge in [0.15, 0.2) is 0 Å². The van der Waals surface area contributed by atoms with E-state index in [-0.39, 0.29) is 17.6 Å². The maximum absolute atomic E-state index is 13.2. The number of halogens is 2. The number of amides is 3. The van der Waals surface area contributed by atoms with Gasteiger partial charge in [-0.2, -0.15) is 0 Å². The van der Waals surface area contributed by atoms with Crippen LogP contribution in [0.15, 0.2) is 29.6 Å². The van der Waals surface area contributed by atoms with Crippen LogP contribution >= 0.6 is 11.3 Å². The molecule has 0 bridgehead atoms. The van der Waals surface area contributed by atoms with Gasteiger partial charge in [-0.1, -0.05) is 0 Å². The first-order valence-electron chi connectivity index (χ1n) is 9.26. The molecular weight excluding hydrogens is 384 g/mol. The number of rotatable bonds is 5. The van der Waals surface area contributed by atoms with Gasteiger partial charge in [0, 0.05) is 31.4 Å². The van der Waals surface area contributed by atoms with Crippen molar-refractivity contribution in [1.29, 1.82) is 0 Å². The molecular formula is C20H23F2N3O2S. The Bertz CT molecular complexity index is 827. The molecule has 2 N–H and O–H groups in total. The molecule has 1 aromatic heterocycles. The van der Waals surface area contributed by atoms with E-state index in [0.717, 1.165) is 47.9 Å². The number of hydrogen-bond acceptors (Lipinski definition) is 3. The molecule has 0 spiro atoms. The lowest BCUT2D eigenvalue weighted by molar-refractivity contribution is 0.0953. The van der Waals surface area contributed by atoms with Crippen molar-refractivity contribution in [2.45, 2.75) is 26.2 Å². The Balaban J connectivity index is 1.40. The van der Waals surface area contributed by atoms with E-state index < -0.39 is 11.6 Å². The zero-order chi connectivity index (χ0) is 20.1. The van der Waals surface area contributed by atoms with E-state index >= 15 is 0 Å². The van der Waals surface area contributed by atoms with E-state index in [0.29, 0.717) is 25.6 Å². The highest BCUT2D eigenvalue weighted by Gasteiger charge is 2.23. The van der Waals surface area contributed by atoms with Gasteiger partial charge < -0.3 is 15.5 Å². The number of benzene rings is 1. The molecule has 8 heteroatoms. The minimum Gasteiger partial charge on any atom is -0.351 e. The SMILES string of the molecule is Cc1ccsc1C(=O)NCCC1CCN(C(=O)Nc2cc(F)cc(F)c2)CC1. The van der Waals surface area contributed by atoms with Crippen LogP contribution in [0.2, 0.25) is 0 Å². The van der Waals surface area contributed by atoms with Crippen molar-refractivity contribution in [2.24, 2.45) is 5.92 Å². The molecule has 3 amide bonds. The second-order valence-corrected chi connectivity index (χ2v) is 7.91. The molecule has 0 atom stereocenters. The average Bonchev–Trinajstić information content (AvgIpc) is 3.07. The van der Waals surface area contributed by atoms with Crippen LogP contribution < -0.4 is 10.6 Å². The predicted molar refractivity (Wildman–Crippen MR) is 106 cm³/mol. The molecule has 1 fully saturated rings. The quantitative estimate of drug-likeness (QED) is 0.772. The number of carbonyl (C=O) groups excluding carboxylic acids is 2. The van der Waals surface area contributed by atoms with Crippen molar-refractivity contribution in [2.75, 3.05) is 25.0 Å². The first-order valence-corrected chi connectivity index (χ1v) is 10.1. The van der Waals surface area contributed by atoms with E-state index in [4.69, 9.17) is 0 Å². The second kappa shape index (κ2) is 9.14. The van der Waals surface area contributed by atoms with Gasteiger partial charge >= 0.3 is 6.03 Å². The highest BCUT2D eigenvalue weighted by molar-refractivity contribution is 7.12. The molecule has 1 aliphatic heterocycles. The van der Waals surface area contributed by atoms with Gasteiger partial charge in [-0.3, -0.25) is 4.79 Å². The van der Waals surface area contributed by atoms with Crippen LogP contribution in [0.4, 0.5) is 19.3 Å². The standard InChI is InChI=1S/C20H23F2N3O2S/c1-13-5-9-28-18(13)19(26)23-6-2-14-3-7-25(8-4-14)20(27)24-17-11-15(21)10-16(22)12-17/h5,9-12,14H,2-4,6-8H2,1H3,(H,23,26)(H,24,27). The summed E-state index contributed by atoms with van der Waals surface area (Å²) in [4.78, 5) is 26.8. The number of piperidine rings is 1. The number of hydrogen-bond donors (Lipinski definition) is 2. The summed E-state index contributed by atoms with van der Waals surface area (Å²) in [5.74, 6) is -1.06. The molecule has 0 saturated carbocycles. The summed E-state index contributed by atoms with van der Waals surface area (Å²) in [6, 6.07) is 4.51. The van der Waals surface area contributed by atoms with Crippen LogP contribution in [0, 0.1) is 24.5 Å². The Kier molecular flexibility index (Phi) is 6.61. The monoisotopic (exact) mass is 407 g/mol. The van der Waals surface area contributed by atoms with Crippen LogP contribution in [0.1, 0.15) is 34.5 Å². The average molecular weight is 407 g/mol. The minimum atomic E-state index is -0.728.